The van der Waals surface area contributed by atoms with Gasteiger partial charge in [0.2, 0.25) is 5.91 Å². The van der Waals surface area contributed by atoms with E-state index in [2.05, 4.69) is 6.58 Å². The smallest absolute Gasteiger partial charge is 0.221 e. The summed E-state index contributed by atoms with van der Waals surface area (Å²) in [5, 5.41) is 18.6. The number of amides is 1. The molecule has 1 N–H and O–H groups in total. The van der Waals surface area contributed by atoms with Crippen LogP contribution < -0.4 is 0 Å². The fourth-order valence-electron chi connectivity index (χ4n) is 2.08. The Kier molecular flexibility index (Phi) is 3.48. The summed E-state index contributed by atoms with van der Waals surface area (Å²) >= 11 is 0. The standard InChI is InChI=1S/C11H16N2O2/c1-7(2)10-6-13(8(3)14)11(15)9(10)4-5-12/h9-11,15H,1,4,6H2,2-3H3/t9-,10+,11+/m0/s1. The van der Waals surface area contributed by atoms with Crippen LogP contribution in [0.15, 0.2) is 12.2 Å². The number of hydrogen-bond acceptors (Lipinski definition) is 3. The largest absolute Gasteiger partial charge is 0.373 e. The highest BCUT2D eigenvalue weighted by Crippen LogP contribution is 2.34. The molecular weight excluding hydrogens is 192 g/mol. The van der Waals surface area contributed by atoms with Gasteiger partial charge in [0.1, 0.15) is 6.23 Å². The summed E-state index contributed by atoms with van der Waals surface area (Å²) in [5.74, 6) is -0.325. The molecule has 15 heavy (non-hydrogen) atoms. The molecule has 0 unspecified atom stereocenters. The van der Waals surface area contributed by atoms with E-state index in [-0.39, 0.29) is 24.2 Å². The van der Waals surface area contributed by atoms with Gasteiger partial charge in [0.15, 0.2) is 0 Å². The second kappa shape index (κ2) is 4.45. The van der Waals surface area contributed by atoms with Gasteiger partial charge in [0, 0.05) is 31.7 Å². The molecule has 1 aliphatic rings. The molecule has 4 heteroatoms. The Morgan fingerprint density at radius 1 is 1.67 bits per heavy atom. The van der Waals surface area contributed by atoms with Crippen LogP contribution in [-0.2, 0) is 4.79 Å². The Hall–Kier alpha value is -1.34. The lowest BCUT2D eigenvalue weighted by molar-refractivity contribution is -0.136. The minimum absolute atomic E-state index is 0.0311. The summed E-state index contributed by atoms with van der Waals surface area (Å²) < 4.78 is 0. The van der Waals surface area contributed by atoms with Crippen molar-refractivity contribution in [1.82, 2.24) is 4.90 Å². The van der Waals surface area contributed by atoms with Crippen LogP contribution in [0.4, 0.5) is 0 Å². The molecular formula is C11H16N2O2. The predicted octanol–water partition coefficient (Wildman–Crippen LogP) is 0.889. The van der Waals surface area contributed by atoms with Crippen LogP contribution in [0.3, 0.4) is 0 Å². The van der Waals surface area contributed by atoms with E-state index in [0.717, 1.165) is 5.57 Å². The maximum atomic E-state index is 11.2. The zero-order valence-electron chi connectivity index (χ0n) is 9.10. The van der Waals surface area contributed by atoms with Gasteiger partial charge in [-0.05, 0) is 6.92 Å². The van der Waals surface area contributed by atoms with Crippen molar-refractivity contribution < 1.29 is 9.90 Å². The molecule has 0 bridgehead atoms. The number of carbonyl (C=O) groups excluding carboxylic acids is 1. The molecule has 0 aromatic carbocycles. The average molecular weight is 208 g/mol. The molecule has 1 saturated heterocycles. The number of likely N-dealkylation sites (tertiary alicyclic amines) is 1. The van der Waals surface area contributed by atoms with Crippen molar-refractivity contribution in [3.8, 4) is 6.07 Å². The lowest BCUT2D eigenvalue weighted by Gasteiger charge is -2.20. The first-order valence-corrected chi connectivity index (χ1v) is 4.96. The molecule has 1 rings (SSSR count). The van der Waals surface area contributed by atoms with Crippen LogP contribution in [-0.4, -0.2) is 28.7 Å². The first-order valence-electron chi connectivity index (χ1n) is 4.96. The lowest BCUT2D eigenvalue weighted by Crippen LogP contribution is -2.35. The molecule has 3 atom stereocenters. The Balaban J connectivity index is 2.87. The summed E-state index contributed by atoms with van der Waals surface area (Å²) in [4.78, 5) is 12.6. The number of nitrogens with zero attached hydrogens (tertiary/aromatic N) is 2. The minimum Gasteiger partial charge on any atom is -0.373 e. The number of nitriles is 1. The highest BCUT2D eigenvalue weighted by Gasteiger charge is 2.41. The molecule has 4 nitrogen and oxygen atoms in total. The Labute approximate surface area is 89.8 Å². The van der Waals surface area contributed by atoms with Crippen LogP contribution in [0.5, 0.6) is 0 Å². The highest BCUT2D eigenvalue weighted by atomic mass is 16.3. The monoisotopic (exact) mass is 208 g/mol. The van der Waals surface area contributed by atoms with Gasteiger partial charge in [-0.25, -0.2) is 0 Å². The third kappa shape index (κ3) is 2.18. The third-order valence-corrected chi connectivity index (χ3v) is 2.98. The van der Waals surface area contributed by atoms with Gasteiger partial charge in [-0.3, -0.25) is 4.79 Å². The SMILES string of the molecule is C=C(C)[C@H]1CN(C(C)=O)[C@H](O)[C@H]1CC#N. The van der Waals surface area contributed by atoms with Crippen molar-refractivity contribution in [1.29, 1.82) is 5.26 Å². The topological polar surface area (TPSA) is 64.3 Å². The quantitative estimate of drug-likeness (QED) is 0.685. The van der Waals surface area contributed by atoms with Crippen molar-refractivity contribution in [2.75, 3.05) is 6.54 Å². The number of rotatable bonds is 2. The molecule has 0 saturated carbocycles. The van der Waals surface area contributed by atoms with Gasteiger partial charge in [-0.1, -0.05) is 12.2 Å². The van der Waals surface area contributed by atoms with Gasteiger partial charge in [0.25, 0.3) is 0 Å². The van der Waals surface area contributed by atoms with Gasteiger partial charge >= 0.3 is 0 Å². The summed E-state index contributed by atoms with van der Waals surface area (Å²) in [6.45, 7) is 7.60. The van der Waals surface area contributed by atoms with Crippen LogP contribution >= 0.6 is 0 Å². The molecule has 82 valence electrons. The summed E-state index contributed by atoms with van der Waals surface area (Å²) in [7, 11) is 0. The maximum absolute atomic E-state index is 11.2. The van der Waals surface area contributed by atoms with Crippen molar-refractivity contribution in [2.24, 2.45) is 11.8 Å². The first kappa shape index (κ1) is 11.7. The van der Waals surface area contributed by atoms with Crippen molar-refractivity contribution in [2.45, 2.75) is 26.5 Å². The van der Waals surface area contributed by atoms with Crippen LogP contribution in [0.1, 0.15) is 20.3 Å². The maximum Gasteiger partial charge on any atom is 0.221 e. The van der Waals surface area contributed by atoms with E-state index in [0.29, 0.717) is 6.54 Å². The summed E-state index contributed by atoms with van der Waals surface area (Å²) in [6, 6.07) is 2.05. The highest BCUT2D eigenvalue weighted by molar-refractivity contribution is 5.73. The molecule has 0 aromatic heterocycles. The van der Waals surface area contributed by atoms with E-state index in [4.69, 9.17) is 5.26 Å². The Morgan fingerprint density at radius 2 is 2.27 bits per heavy atom. The molecule has 1 fully saturated rings. The summed E-state index contributed by atoms with van der Waals surface area (Å²) in [6.07, 6.45) is -0.591. The van der Waals surface area contributed by atoms with Crippen LogP contribution in [0.2, 0.25) is 0 Å². The van der Waals surface area contributed by atoms with Gasteiger partial charge in [-0.2, -0.15) is 5.26 Å². The van der Waals surface area contributed by atoms with Gasteiger partial charge in [-0.15, -0.1) is 0 Å². The molecule has 1 heterocycles. The molecule has 0 radical (unpaired) electrons. The first-order chi connectivity index (χ1) is 6.99. The molecule has 1 amide bonds. The van der Waals surface area contributed by atoms with Crippen molar-refractivity contribution in [3.05, 3.63) is 12.2 Å². The number of carbonyl (C=O) groups is 1. The summed E-state index contributed by atoms with van der Waals surface area (Å²) in [5.41, 5.74) is 0.915. The number of hydrogen-bond donors (Lipinski definition) is 1. The van der Waals surface area contributed by atoms with Crippen LogP contribution in [0.25, 0.3) is 0 Å². The van der Waals surface area contributed by atoms with E-state index in [1.807, 2.05) is 13.0 Å². The predicted molar refractivity (Wildman–Crippen MR) is 55.4 cm³/mol. The van der Waals surface area contributed by atoms with Crippen molar-refractivity contribution >= 4 is 5.91 Å². The van der Waals surface area contributed by atoms with Crippen LogP contribution in [0, 0.1) is 23.2 Å². The van der Waals surface area contributed by atoms with E-state index in [9.17, 15) is 9.90 Å². The fraction of sp³-hybridized carbons (Fsp3) is 0.636. The second-order valence-corrected chi connectivity index (χ2v) is 4.06. The van der Waals surface area contributed by atoms with Gasteiger partial charge in [0.05, 0.1) is 6.07 Å². The number of aliphatic hydroxyl groups excluding tert-OH is 1. The number of aliphatic hydroxyl groups is 1. The van der Waals surface area contributed by atoms with E-state index < -0.39 is 6.23 Å². The molecule has 0 aromatic rings. The van der Waals surface area contributed by atoms with E-state index >= 15 is 0 Å². The molecule has 0 spiro atoms. The third-order valence-electron chi connectivity index (χ3n) is 2.98. The fourth-order valence-corrected chi connectivity index (χ4v) is 2.08. The second-order valence-electron chi connectivity index (χ2n) is 4.06. The lowest BCUT2D eigenvalue weighted by atomic mass is 9.87. The van der Waals surface area contributed by atoms with Crippen molar-refractivity contribution in [3.63, 3.8) is 0 Å². The molecule has 0 aliphatic carbocycles. The normalized spacial score (nSPS) is 30.0. The average Bonchev–Trinajstić information content (AvgIpc) is 2.45. The zero-order valence-corrected chi connectivity index (χ0v) is 9.10. The van der Waals surface area contributed by atoms with E-state index in [1.165, 1.54) is 11.8 Å². The Morgan fingerprint density at radius 3 is 2.67 bits per heavy atom. The van der Waals surface area contributed by atoms with E-state index in [1.54, 1.807) is 0 Å². The Bertz CT molecular complexity index is 319. The molecule has 1 aliphatic heterocycles. The minimum atomic E-state index is -0.844. The van der Waals surface area contributed by atoms with Gasteiger partial charge < -0.3 is 10.0 Å². The zero-order chi connectivity index (χ0) is 11.6.